The standard InChI is InChI=1S/C13H15N3O2/c1-8(2)15-13(17)11-9(3)18-16-12(11)10-6-4-5-7-14-10/h4-8H,1-3H3,(H,15,17). The average molecular weight is 245 g/mol. The van der Waals surface area contributed by atoms with Crippen molar-refractivity contribution in [2.24, 2.45) is 0 Å². The van der Waals surface area contributed by atoms with Gasteiger partial charge >= 0.3 is 0 Å². The Morgan fingerprint density at radius 3 is 2.78 bits per heavy atom. The second kappa shape index (κ2) is 5.00. The maximum absolute atomic E-state index is 12.1. The smallest absolute Gasteiger partial charge is 0.257 e. The predicted octanol–water partition coefficient (Wildman–Crippen LogP) is 2.18. The fraction of sp³-hybridized carbons (Fsp3) is 0.308. The molecule has 0 atom stereocenters. The zero-order valence-corrected chi connectivity index (χ0v) is 10.6. The molecule has 0 spiro atoms. The van der Waals surface area contributed by atoms with Gasteiger partial charge in [0.2, 0.25) is 0 Å². The lowest BCUT2D eigenvalue weighted by Gasteiger charge is -2.08. The number of pyridine rings is 1. The van der Waals surface area contributed by atoms with E-state index in [1.165, 1.54) is 0 Å². The summed E-state index contributed by atoms with van der Waals surface area (Å²) in [6.07, 6.45) is 1.66. The van der Waals surface area contributed by atoms with E-state index in [-0.39, 0.29) is 11.9 Å². The van der Waals surface area contributed by atoms with Gasteiger partial charge in [0.15, 0.2) is 0 Å². The zero-order valence-electron chi connectivity index (χ0n) is 10.6. The lowest BCUT2D eigenvalue weighted by Crippen LogP contribution is -2.30. The maximum Gasteiger partial charge on any atom is 0.257 e. The van der Waals surface area contributed by atoms with E-state index in [9.17, 15) is 4.79 Å². The van der Waals surface area contributed by atoms with Crippen molar-refractivity contribution in [2.45, 2.75) is 26.8 Å². The van der Waals surface area contributed by atoms with Crippen molar-refractivity contribution in [3.8, 4) is 11.4 Å². The topological polar surface area (TPSA) is 68.0 Å². The van der Waals surface area contributed by atoms with E-state index in [4.69, 9.17) is 4.52 Å². The van der Waals surface area contributed by atoms with Crippen molar-refractivity contribution in [1.82, 2.24) is 15.5 Å². The quantitative estimate of drug-likeness (QED) is 0.900. The van der Waals surface area contributed by atoms with Gasteiger partial charge in [-0.3, -0.25) is 9.78 Å². The van der Waals surface area contributed by atoms with Crippen molar-refractivity contribution >= 4 is 5.91 Å². The minimum Gasteiger partial charge on any atom is -0.360 e. The van der Waals surface area contributed by atoms with E-state index >= 15 is 0 Å². The minimum atomic E-state index is -0.190. The van der Waals surface area contributed by atoms with Crippen LogP contribution in [-0.4, -0.2) is 22.1 Å². The third-order valence-electron chi connectivity index (χ3n) is 2.42. The van der Waals surface area contributed by atoms with Crippen molar-refractivity contribution in [3.63, 3.8) is 0 Å². The molecule has 18 heavy (non-hydrogen) atoms. The Hall–Kier alpha value is -2.17. The summed E-state index contributed by atoms with van der Waals surface area (Å²) in [5, 5.41) is 6.75. The summed E-state index contributed by atoms with van der Waals surface area (Å²) in [5.74, 6) is 0.304. The summed E-state index contributed by atoms with van der Waals surface area (Å²) in [6.45, 7) is 5.52. The van der Waals surface area contributed by atoms with E-state index < -0.39 is 0 Å². The van der Waals surface area contributed by atoms with E-state index in [2.05, 4.69) is 15.5 Å². The van der Waals surface area contributed by atoms with E-state index in [1.807, 2.05) is 26.0 Å². The molecule has 1 N–H and O–H groups in total. The molecule has 0 saturated carbocycles. The fourth-order valence-corrected chi connectivity index (χ4v) is 1.65. The molecule has 0 radical (unpaired) electrons. The second-order valence-electron chi connectivity index (χ2n) is 4.31. The van der Waals surface area contributed by atoms with Crippen molar-refractivity contribution in [2.75, 3.05) is 0 Å². The number of hydrogen-bond acceptors (Lipinski definition) is 4. The molecule has 2 aromatic heterocycles. The summed E-state index contributed by atoms with van der Waals surface area (Å²) in [5.41, 5.74) is 1.55. The van der Waals surface area contributed by atoms with Crippen molar-refractivity contribution in [3.05, 3.63) is 35.7 Å². The number of carbonyl (C=O) groups excluding carboxylic acids is 1. The van der Waals surface area contributed by atoms with Gasteiger partial charge in [0.1, 0.15) is 17.0 Å². The molecule has 0 bridgehead atoms. The number of aromatic nitrogens is 2. The minimum absolute atomic E-state index is 0.0587. The largest absolute Gasteiger partial charge is 0.360 e. The molecule has 2 heterocycles. The first kappa shape index (κ1) is 12.3. The van der Waals surface area contributed by atoms with E-state index in [1.54, 1.807) is 19.2 Å². The highest BCUT2D eigenvalue weighted by atomic mass is 16.5. The highest BCUT2D eigenvalue weighted by Gasteiger charge is 2.22. The first-order valence-corrected chi connectivity index (χ1v) is 5.78. The molecule has 0 aliphatic rings. The van der Waals surface area contributed by atoms with Gasteiger partial charge in [-0.25, -0.2) is 0 Å². The number of nitrogens with zero attached hydrogens (tertiary/aromatic N) is 2. The molecule has 5 heteroatoms. The molecule has 0 unspecified atom stereocenters. The Bertz CT molecular complexity index is 547. The van der Waals surface area contributed by atoms with Crippen molar-refractivity contribution < 1.29 is 9.32 Å². The molecule has 1 amide bonds. The number of rotatable bonds is 3. The maximum atomic E-state index is 12.1. The molecular weight excluding hydrogens is 230 g/mol. The zero-order chi connectivity index (χ0) is 13.1. The second-order valence-corrected chi connectivity index (χ2v) is 4.31. The Kier molecular flexibility index (Phi) is 3.41. The molecule has 2 rings (SSSR count). The van der Waals surface area contributed by atoms with Gasteiger partial charge in [-0.15, -0.1) is 0 Å². The van der Waals surface area contributed by atoms with Crippen LogP contribution in [0.4, 0.5) is 0 Å². The number of aryl methyl sites for hydroxylation is 1. The number of nitrogens with one attached hydrogen (secondary N) is 1. The third-order valence-corrected chi connectivity index (χ3v) is 2.42. The van der Waals surface area contributed by atoms with Gasteiger partial charge in [0, 0.05) is 12.2 Å². The molecule has 0 aromatic carbocycles. The molecule has 94 valence electrons. The first-order chi connectivity index (χ1) is 8.59. The number of hydrogen-bond donors (Lipinski definition) is 1. The van der Waals surface area contributed by atoms with Gasteiger partial charge in [-0.1, -0.05) is 11.2 Å². The predicted molar refractivity (Wildman–Crippen MR) is 67.1 cm³/mol. The highest BCUT2D eigenvalue weighted by molar-refractivity contribution is 6.00. The molecule has 0 aliphatic carbocycles. The van der Waals surface area contributed by atoms with Crippen LogP contribution in [0.1, 0.15) is 30.0 Å². The first-order valence-electron chi connectivity index (χ1n) is 5.78. The Labute approximate surface area is 105 Å². The van der Waals surface area contributed by atoms with Gasteiger partial charge in [-0.2, -0.15) is 0 Å². The van der Waals surface area contributed by atoms with Gasteiger partial charge < -0.3 is 9.84 Å². The van der Waals surface area contributed by atoms with Crippen LogP contribution >= 0.6 is 0 Å². The van der Waals surface area contributed by atoms with E-state index in [0.29, 0.717) is 22.7 Å². The number of amides is 1. The molecule has 2 aromatic rings. The summed E-state index contributed by atoms with van der Waals surface area (Å²) < 4.78 is 5.10. The van der Waals surface area contributed by atoms with Crippen molar-refractivity contribution in [1.29, 1.82) is 0 Å². The molecular formula is C13H15N3O2. The highest BCUT2D eigenvalue weighted by Crippen LogP contribution is 2.23. The van der Waals surface area contributed by atoms with Crippen LogP contribution in [0.3, 0.4) is 0 Å². The molecule has 5 nitrogen and oxygen atoms in total. The normalized spacial score (nSPS) is 10.7. The lowest BCUT2D eigenvalue weighted by atomic mass is 10.1. The average Bonchev–Trinajstić information content (AvgIpc) is 2.71. The van der Waals surface area contributed by atoms with Crippen LogP contribution in [0.5, 0.6) is 0 Å². The van der Waals surface area contributed by atoms with E-state index in [0.717, 1.165) is 0 Å². The molecule has 0 aliphatic heterocycles. The van der Waals surface area contributed by atoms with Crippen LogP contribution in [0.25, 0.3) is 11.4 Å². The Balaban J connectivity index is 2.42. The molecule has 0 fully saturated rings. The summed E-state index contributed by atoms with van der Waals surface area (Å²) in [7, 11) is 0. The van der Waals surface area contributed by atoms with Gasteiger partial charge in [-0.05, 0) is 32.9 Å². The Morgan fingerprint density at radius 2 is 2.17 bits per heavy atom. The molecule has 0 saturated heterocycles. The summed E-state index contributed by atoms with van der Waals surface area (Å²) >= 11 is 0. The lowest BCUT2D eigenvalue weighted by molar-refractivity contribution is 0.0942. The Morgan fingerprint density at radius 1 is 1.39 bits per heavy atom. The SMILES string of the molecule is Cc1onc(-c2ccccn2)c1C(=O)NC(C)C. The van der Waals surface area contributed by atoms with Crippen LogP contribution in [0.2, 0.25) is 0 Å². The monoisotopic (exact) mass is 245 g/mol. The number of carbonyl (C=O) groups is 1. The van der Waals surface area contributed by atoms with Gasteiger partial charge in [0.25, 0.3) is 5.91 Å². The van der Waals surface area contributed by atoms with Gasteiger partial charge in [0.05, 0.1) is 5.69 Å². The summed E-state index contributed by atoms with van der Waals surface area (Å²) in [4.78, 5) is 16.3. The fourth-order valence-electron chi connectivity index (χ4n) is 1.65. The third kappa shape index (κ3) is 2.40. The van der Waals surface area contributed by atoms with Crippen LogP contribution in [0, 0.1) is 6.92 Å². The summed E-state index contributed by atoms with van der Waals surface area (Å²) in [6, 6.07) is 5.51. The van der Waals surface area contributed by atoms with Crippen LogP contribution < -0.4 is 5.32 Å². The van der Waals surface area contributed by atoms with Crippen LogP contribution in [0.15, 0.2) is 28.9 Å². The van der Waals surface area contributed by atoms with Crippen LogP contribution in [-0.2, 0) is 0 Å².